The predicted molar refractivity (Wildman–Crippen MR) is 53.4 cm³/mol. The molecule has 0 aliphatic carbocycles. The van der Waals surface area contributed by atoms with Crippen molar-refractivity contribution in [2.24, 2.45) is 0 Å². The van der Waals surface area contributed by atoms with Gasteiger partial charge in [-0.15, -0.1) is 11.8 Å². The van der Waals surface area contributed by atoms with Crippen LogP contribution in [0.2, 0.25) is 0 Å². The Bertz CT molecular complexity index is 320. The average Bonchev–Trinajstić information content (AvgIpc) is 2.00. The molecule has 14 heavy (non-hydrogen) atoms. The van der Waals surface area contributed by atoms with E-state index < -0.39 is 17.2 Å². The van der Waals surface area contributed by atoms with E-state index >= 15 is 0 Å². The van der Waals surface area contributed by atoms with Crippen molar-refractivity contribution in [3.63, 3.8) is 0 Å². The molecule has 0 atom stereocenters. The minimum atomic E-state index is -0.856. The van der Waals surface area contributed by atoms with Crippen molar-refractivity contribution in [3.8, 4) is 0 Å². The SMILES string of the molecule is CC(C)(O)CSc1ccc(F)cc1F. The summed E-state index contributed by atoms with van der Waals surface area (Å²) in [4.78, 5) is 0.355. The van der Waals surface area contributed by atoms with Gasteiger partial charge in [0.1, 0.15) is 11.6 Å². The molecule has 0 aromatic heterocycles. The standard InChI is InChI=1S/C10H12F2OS/c1-10(2,13)6-14-9-4-3-7(11)5-8(9)12/h3-5,13H,6H2,1-2H3. The van der Waals surface area contributed by atoms with Gasteiger partial charge < -0.3 is 5.11 Å². The quantitative estimate of drug-likeness (QED) is 0.787. The maximum absolute atomic E-state index is 13.1. The zero-order chi connectivity index (χ0) is 10.8. The van der Waals surface area contributed by atoms with E-state index in [0.717, 1.165) is 6.07 Å². The first-order valence-electron chi connectivity index (χ1n) is 4.19. The lowest BCUT2D eigenvalue weighted by molar-refractivity contribution is 0.107. The van der Waals surface area contributed by atoms with Crippen LogP contribution in [-0.4, -0.2) is 16.5 Å². The van der Waals surface area contributed by atoms with Gasteiger partial charge in [-0.1, -0.05) is 0 Å². The van der Waals surface area contributed by atoms with Crippen molar-refractivity contribution in [2.45, 2.75) is 24.3 Å². The molecule has 78 valence electrons. The van der Waals surface area contributed by atoms with E-state index in [0.29, 0.717) is 10.6 Å². The van der Waals surface area contributed by atoms with Crippen LogP contribution in [0.1, 0.15) is 13.8 Å². The van der Waals surface area contributed by atoms with Crippen molar-refractivity contribution in [3.05, 3.63) is 29.8 Å². The van der Waals surface area contributed by atoms with Crippen LogP contribution in [0.4, 0.5) is 8.78 Å². The third kappa shape index (κ3) is 3.64. The lowest BCUT2D eigenvalue weighted by Gasteiger charge is -2.16. The molecule has 0 fully saturated rings. The van der Waals surface area contributed by atoms with Crippen LogP contribution in [0.25, 0.3) is 0 Å². The highest BCUT2D eigenvalue weighted by Gasteiger charge is 2.14. The Morgan fingerprint density at radius 3 is 2.50 bits per heavy atom. The Balaban J connectivity index is 2.68. The van der Waals surface area contributed by atoms with Gasteiger partial charge >= 0.3 is 0 Å². The largest absolute Gasteiger partial charge is 0.390 e. The van der Waals surface area contributed by atoms with Crippen LogP contribution in [0, 0.1) is 11.6 Å². The molecule has 0 aliphatic rings. The Kier molecular flexibility index (Phi) is 3.50. The highest BCUT2D eigenvalue weighted by atomic mass is 32.2. The maximum atomic E-state index is 13.1. The Labute approximate surface area is 86.1 Å². The Morgan fingerprint density at radius 2 is 2.00 bits per heavy atom. The number of halogens is 2. The van der Waals surface area contributed by atoms with Gasteiger partial charge in [-0.2, -0.15) is 0 Å². The number of hydrogen-bond donors (Lipinski definition) is 1. The smallest absolute Gasteiger partial charge is 0.139 e. The molecule has 1 N–H and O–H groups in total. The summed E-state index contributed by atoms with van der Waals surface area (Å²) in [7, 11) is 0. The Morgan fingerprint density at radius 1 is 1.36 bits per heavy atom. The number of thioether (sulfide) groups is 1. The molecule has 1 aromatic carbocycles. The molecule has 0 spiro atoms. The topological polar surface area (TPSA) is 20.2 Å². The summed E-state index contributed by atoms with van der Waals surface area (Å²) >= 11 is 1.17. The molecule has 0 saturated heterocycles. The van der Waals surface area contributed by atoms with Gasteiger partial charge in [0.05, 0.1) is 5.60 Å². The van der Waals surface area contributed by atoms with Gasteiger partial charge in [-0.3, -0.25) is 0 Å². The van der Waals surface area contributed by atoms with Gasteiger partial charge in [-0.05, 0) is 26.0 Å². The van der Waals surface area contributed by atoms with Gasteiger partial charge in [0.25, 0.3) is 0 Å². The van der Waals surface area contributed by atoms with Crippen molar-refractivity contribution in [2.75, 3.05) is 5.75 Å². The zero-order valence-electron chi connectivity index (χ0n) is 8.05. The van der Waals surface area contributed by atoms with Gasteiger partial charge in [0, 0.05) is 16.7 Å². The van der Waals surface area contributed by atoms with Crippen LogP contribution >= 0.6 is 11.8 Å². The van der Waals surface area contributed by atoms with E-state index in [2.05, 4.69) is 0 Å². The number of hydrogen-bond acceptors (Lipinski definition) is 2. The first-order chi connectivity index (χ1) is 6.38. The van der Waals surface area contributed by atoms with Crippen LogP contribution < -0.4 is 0 Å². The van der Waals surface area contributed by atoms with Gasteiger partial charge in [0.15, 0.2) is 0 Å². The fourth-order valence-electron chi connectivity index (χ4n) is 0.847. The summed E-state index contributed by atoms with van der Waals surface area (Å²) in [6.45, 7) is 3.28. The minimum absolute atomic E-state index is 0.355. The van der Waals surface area contributed by atoms with E-state index in [1.807, 2.05) is 0 Å². The summed E-state index contributed by atoms with van der Waals surface area (Å²) < 4.78 is 25.6. The molecule has 1 nitrogen and oxygen atoms in total. The molecule has 0 aliphatic heterocycles. The molecule has 4 heteroatoms. The molecular weight excluding hydrogens is 206 g/mol. The third-order valence-electron chi connectivity index (χ3n) is 1.47. The molecule has 0 heterocycles. The fraction of sp³-hybridized carbons (Fsp3) is 0.400. The highest BCUT2D eigenvalue weighted by Crippen LogP contribution is 2.25. The van der Waals surface area contributed by atoms with Gasteiger partial charge in [0.2, 0.25) is 0 Å². The summed E-state index contributed by atoms with van der Waals surface area (Å²) in [5.41, 5.74) is -0.856. The molecule has 0 saturated carbocycles. The van der Waals surface area contributed by atoms with Crippen LogP contribution in [0.5, 0.6) is 0 Å². The summed E-state index contributed by atoms with van der Waals surface area (Å²) in [6.07, 6.45) is 0. The first kappa shape index (κ1) is 11.5. The van der Waals surface area contributed by atoms with E-state index in [-0.39, 0.29) is 0 Å². The lowest BCUT2D eigenvalue weighted by Crippen LogP contribution is -2.21. The molecule has 0 unspecified atom stereocenters. The van der Waals surface area contributed by atoms with Crippen molar-refractivity contribution < 1.29 is 13.9 Å². The average molecular weight is 218 g/mol. The fourth-order valence-corrected chi connectivity index (χ4v) is 1.72. The molecular formula is C10H12F2OS. The maximum Gasteiger partial charge on any atom is 0.139 e. The summed E-state index contributed by atoms with van der Waals surface area (Å²) in [5.74, 6) is -0.801. The number of aliphatic hydroxyl groups is 1. The van der Waals surface area contributed by atoms with E-state index in [4.69, 9.17) is 0 Å². The molecule has 0 radical (unpaired) electrons. The monoisotopic (exact) mass is 218 g/mol. The van der Waals surface area contributed by atoms with Crippen molar-refractivity contribution in [1.82, 2.24) is 0 Å². The van der Waals surface area contributed by atoms with Crippen molar-refractivity contribution in [1.29, 1.82) is 0 Å². The van der Waals surface area contributed by atoms with Crippen molar-refractivity contribution >= 4 is 11.8 Å². The van der Waals surface area contributed by atoms with Gasteiger partial charge in [-0.25, -0.2) is 8.78 Å². The molecule has 0 bridgehead atoms. The van der Waals surface area contributed by atoms with E-state index in [9.17, 15) is 13.9 Å². The first-order valence-corrected chi connectivity index (χ1v) is 5.17. The van der Waals surface area contributed by atoms with Crippen LogP contribution in [0.15, 0.2) is 23.1 Å². The Hall–Kier alpha value is -0.610. The second kappa shape index (κ2) is 4.28. The normalized spacial score (nSPS) is 11.8. The second-order valence-electron chi connectivity index (χ2n) is 3.68. The predicted octanol–water partition coefficient (Wildman–Crippen LogP) is 2.83. The van der Waals surface area contributed by atoms with E-state index in [1.165, 1.54) is 23.9 Å². The third-order valence-corrected chi connectivity index (χ3v) is 2.97. The summed E-state index contributed by atoms with van der Waals surface area (Å²) in [5, 5.41) is 9.41. The van der Waals surface area contributed by atoms with Crippen LogP contribution in [0.3, 0.4) is 0 Å². The molecule has 1 rings (SSSR count). The highest BCUT2D eigenvalue weighted by molar-refractivity contribution is 7.99. The number of rotatable bonds is 3. The second-order valence-corrected chi connectivity index (χ2v) is 4.69. The minimum Gasteiger partial charge on any atom is -0.390 e. The lowest BCUT2D eigenvalue weighted by atomic mass is 10.2. The molecule has 1 aromatic rings. The number of benzene rings is 1. The zero-order valence-corrected chi connectivity index (χ0v) is 8.87. The molecule has 0 amide bonds. The van der Waals surface area contributed by atoms with E-state index in [1.54, 1.807) is 13.8 Å². The van der Waals surface area contributed by atoms with Crippen LogP contribution in [-0.2, 0) is 0 Å². The summed E-state index contributed by atoms with van der Waals surface area (Å²) in [6, 6.07) is 3.42.